The van der Waals surface area contributed by atoms with E-state index in [1.54, 1.807) is 24.3 Å². The highest BCUT2D eigenvalue weighted by Crippen LogP contribution is 2.37. The maximum absolute atomic E-state index is 12.8. The van der Waals surface area contributed by atoms with Crippen LogP contribution in [0.4, 0.5) is 5.69 Å². The summed E-state index contributed by atoms with van der Waals surface area (Å²) in [5, 5.41) is 0. The quantitative estimate of drug-likeness (QED) is 0.557. The number of hydrogen-bond donors (Lipinski definition) is 1. The van der Waals surface area contributed by atoms with Crippen molar-refractivity contribution < 1.29 is 14.3 Å². The molecule has 0 atom stereocenters. The first-order chi connectivity index (χ1) is 12.5. The number of thiocarbonyl (C=S) groups is 1. The molecule has 0 saturated carbocycles. The molecule has 5 nitrogen and oxygen atoms in total. The molecular weight excluding hydrogens is 436 g/mol. The van der Waals surface area contributed by atoms with Gasteiger partial charge in [0.1, 0.15) is 5.75 Å². The number of primary amides is 1. The van der Waals surface area contributed by atoms with Crippen molar-refractivity contribution in [3.63, 3.8) is 0 Å². The molecule has 2 N–H and O–H groups in total. The van der Waals surface area contributed by atoms with E-state index >= 15 is 0 Å². The molecular formula is C18H13BrN2O3S2. The van der Waals surface area contributed by atoms with Crippen molar-refractivity contribution in [2.45, 2.75) is 0 Å². The summed E-state index contributed by atoms with van der Waals surface area (Å²) in [4.78, 5) is 25.7. The topological polar surface area (TPSA) is 72.6 Å². The van der Waals surface area contributed by atoms with Crippen molar-refractivity contribution >= 4 is 67.8 Å². The highest BCUT2D eigenvalue weighted by Gasteiger charge is 2.33. The van der Waals surface area contributed by atoms with E-state index in [2.05, 4.69) is 15.9 Å². The van der Waals surface area contributed by atoms with E-state index in [1.165, 1.54) is 16.7 Å². The number of ether oxygens (including phenoxy) is 1. The van der Waals surface area contributed by atoms with Gasteiger partial charge in [0.05, 0.1) is 10.6 Å². The van der Waals surface area contributed by atoms with Crippen molar-refractivity contribution in [1.29, 1.82) is 0 Å². The van der Waals surface area contributed by atoms with Gasteiger partial charge in [-0.25, -0.2) is 0 Å². The maximum Gasteiger partial charge on any atom is 0.270 e. The molecule has 0 bridgehead atoms. The summed E-state index contributed by atoms with van der Waals surface area (Å²) in [6, 6.07) is 14.4. The number of thioether (sulfide) groups is 1. The smallest absolute Gasteiger partial charge is 0.270 e. The van der Waals surface area contributed by atoms with Crippen molar-refractivity contribution in [2.24, 2.45) is 5.73 Å². The Morgan fingerprint density at radius 2 is 1.92 bits per heavy atom. The Bertz CT molecular complexity index is 913. The zero-order valence-corrected chi connectivity index (χ0v) is 16.6. The molecule has 0 spiro atoms. The molecule has 1 heterocycles. The fourth-order valence-electron chi connectivity index (χ4n) is 2.30. The number of benzene rings is 2. The SMILES string of the molecule is NC(=O)COc1ccccc1/C=C1/SC(=S)N(c2ccc(Br)cc2)C1=O. The molecule has 1 saturated heterocycles. The maximum atomic E-state index is 12.8. The number of rotatable bonds is 5. The predicted molar refractivity (Wildman–Crippen MR) is 111 cm³/mol. The van der Waals surface area contributed by atoms with Gasteiger partial charge in [0.2, 0.25) is 0 Å². The molecule has 132 valence electrons. The Labute approximate surface area is 168 Å². The van der Waals surface area contributed by atoms with E-state index in [0.717, 1.165) is 4.47 Å². The molecule has 8 heteroatoms. The fraction of sp³-hybridized carbons (Fsp3) is 0.0556. The summed E-state index contributed by atoms with van der Waals surface area (Å²) in [6.07, 6.45) is 1.70. The minimum absolute atomic E-state index is 0.202. The van der Waals surface area contributed by atoms with E-state index in [1.807, 2.05) is 30.3 Å². The molecule has 0 unspecified atom stereocenters. The number of anilines is 1. The second-order valence-electron chi connectivity index (χ2n) is 5.29. The van der Waals surface area contributed by atoms with Crippen molar-refractivity contribution in [3.8, 4) is 5.75 Å². The van der Waals surface area contributed by atoms with Crippen LogP contribution < -0.4 is 15.4 Å². The molecule has 2 aromatic rings. The molecule has 1 aliphatic heterocycles. The monoisotopic (exact) mass is 448 g/mol. The van der Waals surface area contributed by atoms with Gasteiger partial charge >= 0.3 is 0 Å². The third kappa shape index (κ3) is 4.14. The van der Waals surface area contributed by atoms with Crippen molar-refractivity contribution in [1.82, 2.24) is 0 Å². The van der Waals surface area contributed by atoms with Crippen LogP contribution in [0, 0.1) is 0 Å². The lowest BCUT2D eigenvalue weighted by molar-refractivity contribution is -0.120. The highest BCUT2D eigenvalue weighted by molar-refractivity contribution is 9.10. The van der Waals surface area contributed by atoms with Crippen LogP contribution >= 0.6 is 39.9 Å². The number of carbonyl (C=O) groups excluding carboxylic acids is 2. The summed E-state index contributed by atoms with van der Waals surface area (Å²) < 4.78 is 6.78. The highest BCUT2D eigenvalue weighted by atomic mass is 79.9. The second-order valence-corrected chi connectivity index (χ2v) is 7.88. The number of nitrogens with zero attached hydrogens (tertiary/aromatic N) is 1. The molecule has 2 aromatic carbocycles. The third-order valence-corrected chi connectivity index (χ3v) is 5.28. The molecule has 3 rings (SSSR count). The van der Waals surface area contributed by atoms with E-state index < -0.39 is 5.91 Å². The van der Waals surface area contributed by atoms with Crippen LogP contribution in [0.25, 0.3) is 6.08 Å². The molecule has 2 amide bonds. The minimum Gasteiger partial charge on any atom is -0.483 e. The normalized spacial score (nSPS) is 15.6. The average molecular weight is 449 g/mol. The van der Waals surface area contributed by atoms with Crippen LogP contribution in [0.5, 0.6) is 5.75 Å². The van der Waals surface area contributed by atoms with Crippen LogP contribution in [0.1, 0.15) is 5.56 Å². The Kier molecular flexibility index (Phi) is 5.75. The van der Waals surface area contributed by atoms with Crippen molar-refractivity contribution in [3.05, 3.63) is 63.5 Å². The zero-order chi connectivity index (χ0) is 18.7. The van der Waals surface area contributed by atoms with Crippen LogP contribution in [0.15, 0.2) is 57.9 Å². The van der Waals surface area contributed by atoms with Gasteiger partial charge in [0.15, 0.2) is 10.9 Å². The van der Waals surface area contributed by atoms with Crippen LogP contribution in [0.3, 0.4) is 0 Å². The molecule has 1 aliphatic rings. The van der Waals surface area contributed by atoms with Gasteiger partial charge in [-0.3, -0.25) is 14.5 Å². The number of amides is 2. The first kappa shape index (κ1) is 18.6. The third-order valence-electron chi connectivity index (χ3n) is 3.45. The van der Waals surface area contributed by atoms with Crippen molar-refractivity contribution in [2.75, 3.05) is 11.5 Å². The lowest BCUT2D eigenvalue weighted by Gasteiger charge is -2.14. The Morgan fingerprint density at radius 3 is 2.62 bits per heavy atom. The summed E-state index contributed by atoms with van der Waals surface area (Å²) in [5.41, 5.74) is 6.50. The zero-order valence-electron chi connectivity index (χ0n) is 13.3. The summed E-state index contributed by atoms with van der Waals surface area (Å²) in [5.74, 6) is -0.298. The van der Waals surface area contributed by atoms with E-state index in [4.69, 9.17) is 22.7 Å². The fourth-order valence-corrected chi connectivity index (χ4v) is 3.86. The van der Waals surface area contributed by atoms with Gasteiger partial charge in [0, 0.05) is 10.0 Å². The largest absolute Gasteiger partial charge is 0.483 e. The molecule has 0 aromatic heterocycles. The predicted octanol–water partition coefficient (Wildman–Crippen LogP) is 3.72. The van der Waals surface area contributed by atoms with Gasteiger partial charge in [-0.05, 0) is 36.4 Å². The minimum atomic E-state index is -0.568. The lowest BCUT2D eigenvalue weighted by atomic mass is 10.2. The number of para-hydroxylation sites is 1. The van der Waals surface area contributed by atoms with Gasteiger partial charge in [-0.1, -0.05) is 58.1 Å². The standard InChI is InChI=1S/C18H13BrN2O3S2/c19-12-5-7-13(8-6-12)21-17(23)15(26-18(21)25)9-11-3-1-2-4-14(11)24-10-16(20)22/h1-9H,10H2,(H2,20,22)/b15-9+. The number of carbonyl (C=O) groups is 2. The Balaban J connectivity index is 1.89. The molecule has 26 heavy (non-hydrogen) atoms. The Hall–Kier alpha value is -2.16. The van der Waals surface area contributed by atoms with Gasteiger partial charge in [0.25, 0.3) is 11.8 Å². The van der Waals surface area contributed by atoms with Crippen LogP contribution in [-0.2, 0) is 9.59 Å². The first-order valence-corrected chi connectivity index (χ1v) is 9.51. The summed E-state index contributed by atoms with van der Waals surface area (Å²) in [7, 11) is 0. The molecule has 0 aliphatic carbocycles. The number of halogens is 1. The Morgan fingerprint density at radius 1 is 1.23 bits per heavy atom. The van der Waals surface area contributed by atoms with E-state index in [9.17, 15) is 9.59 Å². The van der Waals surface area contributed by atoms with Crippen LogP contribution in [0.2, 0.25) is 0 Å². The van der Waals surface area contributed by atoms with E-state index in [0.29, 0.717) is 26.2 Å². The summed E-state index contributed by atoms with van der Waals surface area (Å²) in [6.45, 7) is -0.231. The van der Waals surface area contributed by atoms with Gasteiger partial charge < -0.3 is 10.5 Å². The lowest BCUT2D eigenvalue weighted by Crippen LogP contribution is -2.27. The second kappa shape index (κ2) is 8.03. The summed E-state index contributed by atoms with van der Waals surface area (Å²) >= 11 is 9.96. The van der Waals surface area contributed by atoms with Gasteiger partial charge in [-0.15, -0.1) is 0 Å². The van der Waals surface area contributed by atoms with Crippen LogP contribution in [-0.4, -0.2) is 22.7 Å². The number of hydrogen-bond acceptors (Lipinski definition) is 5. The molecule has 0 radical (unpaired) electrons. The average Bonchev–Trinajstić information content (AvgIpc) is 2.89. The first-order valence-electron chi connectivity index (χ1n) is 7.49. The molecule has 1 fully saturated rings. The van der Waals surface area contributed by atoms with E-state index in [-0.39, 0.29) is 12.5 Å². The number of nitrogens with two attached hydrogens (primary N) is 1. The van der Waals surface area contributed by atoms with Gasteiger partial charge in [-0.2, -0.15) is 0 Å².